The van der Waals surface area contributed by atoms with Gasteiger partial charge in [-0.3, -0.25) is 9.88 Å². The molecular formula is C24H28N2O3. The van der Waals surface area contributed by atoms with Crippen molar-refractivity contribution >= 4 is 10.9 Å². The molecule has 4 rings (SSSR count). The first-order valence-electron chi connectivity index (χ1n) is 10.1. The van der Waals surface area contributed by atoms with E-state index in [1.54, 1.807) is 14.2 Å². The Morgan fingerprint density at radius 1 is 1.00 bits per heavy atom. The number of nitrogens with zero attached hydrogens (tertiary/aromatic N) is 2. The number of ether oxygens (including phenoxy) is 3. The first-order valence-corrected chi connectivity index (χ1v) is 10.1. The van der Waals surface area contributed by atoms with Crippen molar-refractivity contribution in [3.05, 3.63) is 65.9 Å². The molecule has 0 radical (unpaired) electrons. The molecule has 0 saturated carbocycles. The molecule has 0 N–H and O–H groups in total. The van der Waals surface area contributed by atoms with E-state index in [2.05, 4.69) is 46.3 Å². The number of hydrogen-bond donors (Lipinski definition) is 0. The van der Waals surface area contributed by atoms with Gasteiger partial charge in [0.25, 0.3) is 0 Å². The van der Waals surface area contributed by atoms with E-state index in [-0.39, 0.29) is 0 Å². The van der Waals surface area contributed by atoms with Gasteiger partial charge in [-0.05, 0) is 54.3 Å². The molecule has 0 aliphatic carbocycles. The second-order valence-corrected chi connectivity index (χ2v) is 7.52. The normalized spacial score (nSPS) is 16.4. The summed E-state index contributed by atoms with van der Waals surface area (Å²) in [5.74, 6) is 1.52. The van der Waals surface area contributed by atoms with Crippen molar-refractivity contribution in [2.75, 3.05) is 27.4 Å². The Hall–Kier alpha value is -2.63. The number of benzene rings is 2. The Kier molecular flexibility index (Phi) is 6.27. The molecule has 1 aliphatic rings. The van der Waals surface area contributed by atoms with Gasteiger partial charge in [-0.1, -0.05) is 18.2 Å². The SMILES string of the molecule is COc1ccc(CN(Cc2ccc3ncccc3c2)C[C@@H]2CCCO2)cc1OC. The third-order valence-corrected chi connectivity index (χ3v) is 5.41. The lowest BCUT2D eigenvalue weighted by Gasteiger charge is -2.26. The molecule has 2 heterocycles. The van der Waals surface area contributed by atoms with E-state index < -0.39 is 0 Å². The van der Waals surface area contributed by atoms with Gasteiger partial charge in [0.05, 0.1) is 25.8 Å². The minimum Gasteiger partial charge on any atom is -0.493 e. The van der Waals surface area contributed by atoms with Gasteiger partial charge in [0, 0.05) is 37.8 Å². The molecule has 5 nitrogen and oxygen atoms in total. The zero-order valence-electron chi connectivity index (χ0n) is 17.1. The van der Waals surface area contributed by atoms with Crippen LogP contribution in [0.4, 0.5) is 0 Å². The zero-order valence-corrected chi connectivity index (χ0v) is 17.1. The smallest absolute Gasteiger partial charge is 0.161 e. The topological polar surface area (TPSA) is 43.8 Å². The van der Waals surface area contributed by atoms with E-state index in [9.17, 15) is 0 Å². The fraction of sp³-hybridized carbons (Fsp3) is 0.375. The van der Waals surface area contributed by atoms with E-state index in [1.807, 2.05) is 18.3 Å². The quantitative estimate of drug-likeness (QED) is 0.567. The van der Waals surface area contributed by atoms with Crippen LogP contribution in [-0.4, -0.2) is 43.4 Å². The maximum atomic E-state index is 5.91. The minimum absolute atomic E-state index is 0.303. The first kappa shape index (κ1) is 19.7. The van der Waals surface area contributed by atoms with E-state index in [4.69, 9.17) is 14.2 Å². The van der Waals surface area contributed by atoms with Crippen LogP contribution in [0.25, 0.3) is 10.9 Å². The molecule has 29 heavy (non-hydrogen) atoms. The molecule has 0 spiro atoms. The number of methoxy groups -OCH3 is 2. The Bertz CT molecular complexity index is 954. The second-order valence-electron chi connectivity index (χ2n) is 7.52. The van der Waals surface area contributed by atoms with E-state index in [1.165, 1.54) is 16.5 Å². The van der Waals surface area contributed by atoms with Crippen molar-refractivity contribution < 1.29 is 14.2 Å². The van der Waals surface area contributed by atoms with Gasteiger partial charge in [0.1, 0.15) is 0 Å². The molecule has 3 aromatic rings. The summed E-state index contributed by atoms with van der Waals surface area (Å²) < 4.78 is 16.8. The van der Waals surface area contributed by atoms with Crippen LogP contribution in [0.1, 0.15) is 24.0 Å². The summed E-state index contributed by atoms with van der Waals surface area (Å²) in [5, 5.41) is 1.17. The predicted octanol–water partition coefficient (Wildman–Crippen LogP) is 4.43. The van der Waals surface area contributed by atoms with Gasteiger partial charge in [0.15, 0.2) is 11.5 Å². The fourth-order valence-corrected chi connectivity index (χ4v) is 3.98. The van der Waals surface area contributed by atoms with Gasteiger partial charge in [-0.15, -0.1) is 0 Å². The lowest BCUT2D eigenvalue weighted by atomic mass is 10.1. The second kappa shape index (κ2) is 9.25. The third kappa shape index (κ3) is 4.86. The number of aromatic nitrogens is 1. The van der Waals surface area contributed by atoms with Gasteiger partial charge < -0.3 is 14.2 Å². The highest BCUT2D eigenvalue weighted by Gasteiger charge is 2.20. The van der Waals surface area contributed by atoms with Crippen molar-refractivity contribution in [3.8, 4) is 11.5 Å². The highest BCUT2D eigenvalue weighted by molar-refractivity contribution is 5.78. The van der Waals surface area contributed by atoms with Crippen molar-refractivity contribution in [2.45, 2.75) is 32.0 Å². The fourth-order valence-electron chi connectivity index (χ4n) is 3.98. The monoisotopic (exact) mass is 392 g/mol. The van der Waals surface area contributed by atoms with Crippen LogP contribution in [0, 0.1) is 0 Å². The van der Waals surface area contributed by atoms with Crippen LogP contribution in [0.3, 0.4) is 0 Å². The van der Waals surface area contributed by atoms with Crippen molar-refractivity contribution in [1.29, 1.82) is 0 Å². The lowest BCUT2D eigenvalue weighted by molar-refractivity contribution is 0.0679. The lowest BCUT2D eigenvalue weighted by Crippen LogP contribution is -2.31. The summed E-state index contributed by atoms with van der Waals surface area (Å²) in [6, 6.07) is 16.8. The summed E-state index contributed by atoms with van der Waals surface area (Å²) in [6.07, 6.45) is 4.42. The molecule has 2 aromatic carbocycles. The van der Waals surface area contributed by atoms with Gasteiger partial charge in [0.2, 0.25) is 0 Å². The van der Waals surface area contributed by atoms with Crippen molar-refractivity contribution in [3.63, 3.8) is 0 Å². The van der Waals surface area contributed by atoms with Crippen LogP contribution >= 0.6 is 0 Å². The maximum Gasteiger partial charge on any atom is 0.161 e. The van der Waals surface area contributed by atoms with Crippen LogP contribution in [0.15, 0.2) is 54.7 Å². The molecule has 0 amide bonds. The van der Waals surface area contributed by atoms with E-state index in [0.29, 0.717) is 6.10 Å². The maximum absolute atomic E-state index is 5.91. The zero-order chi connectivity index (χ0) is 20.1. The van der Waals surface area contributed by atoms with Crippen LogP contribution in [0.2, 0.25) is 0 Å². The molecule has 0 bridgehead atoms. The Balaban J connectivity index is 1.55. The number of rotatable bonds is 8. The third-order valence-electron chi connectivity index (χ3n) is 5.41. The molecule has 1 fully saturated rings. The summed E-state index contributed by atoms with van der Waals surface area (Å²) in [5.41, 5.74) is 3.51. The molecule has 152 valence electrons. The number of hydrogen-bond acceptors (Lipinski definition) is 5. The first-order chi connectivity index (χ1) is 14.2. The molecule has 1 saturated heterocycles. The molecule has 1 aromatic heterocycles. The van der Waals surface area contributed by atoms with Gasteiger partial charge in [-0.2, -0.15) is 0 Å². The van der Waals surface area contributed by atoms with Gasteiger partial charge in [-0.25, -0.2) is 0 Å². The molecule has 1 aliphatic heterocycles. The summed E-state index contributed by atoms with van der Waals surface area (Å²) in [6.45, 7) is 3.47. The minimum atomic E-state index is 0.303. The number of fused-ring (bicyclic) bond motifs is 1. The van der Waals surface area contributed by atoms with Crippen molar-refractivity contribution in [2.24, 2.45) is 0 Å². The van der Waals surface area contributed by atoms with E-state index >= 15 is 0 Å². The number of pyridine rings is 1. The molecule has 0 unspecified atom stereocenters. The summed E-state index contributed by atoms with van der Waals surface area (Å²) in [4.78, 5) is 6.88. The standard InChI is InChI=1S/C24H28N2O3/c1-27-23-10-8-19(14-24(23)28-2)16-26(17-21-6-4-12-29-21)15-18-7-9-22-20(13-18)5-3-11-25-22/h3,5,7-11,13-14,21H,4,6,12,15-17H2,1-2H3/t21-/m0/s1. The predicted molar refractivity (Wildman–Crippen MR) is 114 cm³/mol. The summed E-state index contributed by atoms with van der Waals surface area (Å²) in [7, 11) is 3.34. The Morgan fingerprint density at radius 2 is 1.79 bits per heavy atom. The molecule has 1 atom stereocenters. The highest BCUT2D eigenvalue weighted by atomic mass is 16.5. The van der Waals surface area contributed by atoms with E-state index in [0.717, 1.165) is 56.1 Å². The average molecular weight is 392 g/mol. The van der Waals surface area contributed by atoms with Crippen LogP contribution in [-0.2, 0) is 17.8 Å². The summed E-state index contributed by atoms with van der Waals surface area (Å²) >= 11 is 0. The molecule has 5 heteroatoms. The largest absolute Gasteiger partial charge is 0.493 e. The van der Waals surface area contributed by atoms with Crippen LogP contribution in [0.5, 0.6) is 11.5 Å². The van der Waals surface area contributed by atoms with Crippen molar-refractivity contribution in [1.82, 2.24) is 9.88 Å². The highest BCUT2D eigenvalue weighted by Crippen LogP contribution is 2.28. The Labute approximate surface area is 172 Å². The van der Waals surface area contributed by atoms with Gasteiger partial charge >= 0.3 is 0 Å². The average Bonchev–Trinajstić information content (AvgIpc) is 3.26. The Morgan fingerprint density at radius 3 is 2.55 bits per heavy atom. The molecular weight excluding hydrogens is 364 g/mol. The van der Waals surface area contributed by atoms with Crippen LogP contribution < -0.4 is 9.47 Å².